The van der Waals surface area contributed by atoms with Gasteiger partial charge in [0.05, 0.1) is 25.7 Å². The van der Waals surface area contributed by atoms with Crippen LogP contribution in [0.15, 0.2) is 0 Å². The third-order valence-electron chi connectivity index (χ3n) is 5.20. The number of carboxylic acid groups (broad SMARTS) is 1. The van der Waals surface area contributed by atoms with E-state index >= 15 is 0 Å². The summed E-state index contributed by atoms with van der Waals surface area (Å²) in [5, 5.41) is 37.9. The molecule has 0 radical (unpaired) electrons. The van der Waals surface area contributed by atoms with E-state index in [1.807, 2.05) is 0 Å². The number of aliphatic hydroxyl groups is 3. The maximum Gasteiger partial charge on any atom is 0.306 e. The molecule has 2 atom stereocenters. The van der Waals surface area contributed by atoms with Crippen molar-refractivity contribution in [3.05, 3.63) is 0 Å². The third kappa shape index (κ3) is 7.64. The highest BCUT2D eigenvalue weighted by atomic mass is 16.4. The van der Waals surface area contributed by atoms with Crippen molar-refractivity contribution in [1.29, 1.82) is 0 Å². The van der Waals surface area contributed by atoms with E-state index in [2.05, 4.69) is 6.92 Å². The quantitative estimate of drug-likeness (QED) is 0.346. The van der Waals surface area contributed by atoms with Gasteiger partial charge in [-0.1, -0.05) is 65.2 Å². The summed E-state index contributed by atoms with van der Waals surface area (Å²) in [5.74, 6) is -2.05. The number of hydrogen-bond acceptors (Lipinski definition) is 4. The van der Waals surface area contributed by atoms with Crippen molar-refractivity contribution in [2.45, 2.75) is 71.6 Å². The SMILES string of the molecule is CCCCCCCCCCC(C(=O)O)C(C)C(CO)(CO)CO. The summed E-state index contributed by atoms with van der Waals surface area (Å²) in [6, 6.07) is 0. The van der Waals surface area contributed by atoms with Crippen LogP contribution in [0, 0.1) is 17.3 Å². The smallest absolute Gasteiger partial charge is 0.306 e. The molecule has 0 saturated carbocycles. The van der Waals surface area contributed by atoms with Crippen molar-refractivity contribution in [2.24, 2.45) is 17.3 Å². The highest BCUT2D eigenvalue weighted by Gasteiger charge is 2.41. The summed E-state index contributed by atoms with van der Waals surface area (Å²) in [5.41, 5.74) is -1.14. The molecule has 0 aromatic heterocycles. The molecule has 0 bridgehead atoms. The normalized spacial score (nSPS) is 14.7. The Kier molecular flexibility index (Phi) is 12.4. The molecule has 4 N–H and O–H groups in total. The second kappa shape index (κ2) is 12.7. The number of unbranched alkanes of at least 4 members (excludes halogenated alkanes) is 7. The van der Waals surface area contributed by atoms with E-state index in [0.717, 1.165) is 19.3 Å². The molecule has 5 nitrogen and oxygen atoms in total. The molecule has 0 saturated heterocycles. The highest BCUT2D eigenvalue weighted by molar-refractivity contribution is 5.70. The lowest BCUT2D eigenvalue weighted by atomic mass is 9.70. The van der Waals surface area contributed by atoms with Gasteiger partial charge in [-0.15, -0.1) is 0 Å². The van der Waals surface area contributed by atoms with Crippen molar-refractivity contribution in [3.8, 4) is 0 Å². The van der Waals surface area contributed by atoms with Crippen molar-refractivity contribution >= 4 is 5.97 Å². The van der Waals surface area contributed by atoms with Gasteiger partial charge in [0.15, 0.2) is 0 Å². The summed E-state index contributed by atoms with van der Waals surface area (Å²) < 4.78 is 0. The lowest BCUT2D eigenvalue weighted by Gasteiger charge is -2.37. The molecular formula is C18H36O5. The molecule has 138 valence electrons. The second-order valence-corrected chi connectivity index (χ2v) is 6.83. The van der Waals surface area contributed by atoms with Crippen molar-refractivity contribution < 1.29 is 25.2 Å². The van der Waals surface area contributed by atoms with E-state index < -0.39 is 43.0 Å². The van der Waals surface area contributed by atoms with Crippen LogP contribution in [0.25, 0.3) is 0 Å². The molecule has 0 amide bonds. The van der Waals surface area contributed by atoms with E-state index in [9.17, 15) is 25.2 Å². The topological polar surface area (TPSA) is 98.0 Å². The largest absolute Gasteiger partial charge is 0.481 e. The minimum absolute atomic E-state index is 0.414. The fourth-order valence-corrected chi connectivity index (χ4v) is 3.09. The standard InChI is InChI=1S/C18H36O5/c1-3-4-5-6-7-8-9-10-11-16(17(22)23)15(2)18(12-19,13-20)14-21/h15-16,19-21H,3-14H2,1-2H3,(H,22,23). The van der Waals surface area contributed by atoms with Gasteiger partial charge in [-0.2, -0.15) is 0 Å². The zero-order chi connectivity index (χ0) is 17.7. The molecule has 0 aliphatic heterocycles. The van der Waals surface area contributed by atoms with Gasteiger partial charge >= 0.3 is 5.97 Å². The monoisotopic (exact) mass is 332 g/mol. The Morgan fingerprint density at radius 1 is 0.870 bits per heavy atom. The number of aliphatic carboxylic acids is 1. The van der Waals surface area contributed by atoms with E-state index in [1.54, 1.807) is 6.92 Å². The Morgan fingerprint density at radius 3 is 1.70 bits per heavy atom. The minimum Gasteiger partial charge on any atom is -0.481 e. The van der Waals surface area contributed by atoms with Gasteiger partial charge in [-0.25, -0.2) is 0 Å². The fraction of sp³-hybridized carbons (Fsp3) is 0.944. The molecule has 0 aliphatic rings. The number of rotatable bonds is 15. The van der Waals surface area contributed by atoms with Crippen LogP contribution < -0.4 is 0 Å². The van der Waals surface area contributed by atoms with Crippen LogP contribution in [-0.2, 0) is 4.79 Å². The van der Waals surface area contributed by atoms with Crippen molar-refractivity contribution in [2.75, 3.05) is 19.8 Å². The summed E-state index contributed by atoms with van der Waals surface area (Å²) in [6.07, 6.45) is 9.71. The van der Waals surface area contributed by atoms with Gasteiger partial charge in [-0.3, -0.25) is 4.79 Å². The summed E-state index contributed by atoms with van der Waals surface area (Å²) in [6.45, 7) is 2.65. The Bertz CT molecular complexity index is 294. The van der Waals surface area contributed by atoms with Crippen LogP contribution in [-0.4, -0.2) is 46.2 Å². The van der Waals surface area contributed by atoms with Crippen LogP contribution in [0.4, 0.5) is 0 Å². The summed E-state index contributed by atoms with van der Waals surface area (Å²) in [4.78, 5) is 11.5. The molecule has 0 rings (SSSR count). The van der Waals surface area contributed by atoms with Crippen LogP contribution in [0.5, 0.6) is 0 Å². The minimum atomic E-state index is -1.14. The third-order valence-corrected chi connectivity index (χ3v) is 5.20. The molecule has 0 fully saturated rings. The average molecular weight is 332 g/mol. The highest BCUT2D eigenvalue weighted by Crippen LogP contribution is 2.35. The predicted molar refractivity (Wildman–Crippen MR) is 91.2 cm³/mol. The van der Waals surface area contributed by atoms with Gasteiger partial charge in [0.1, 0.15) is 0 Å². The zero-order valence-electron chi connectivity index (χ0n) is 14.8. The Labute approximate surface area is 140 Å². The first kappa shape index (κ1) is 22.4. The molecule has 23 heavy (non-hydrogen) atoms. The Balaban J connectivity index is 4.29. The van der Waals surface area contributed by atoms with E-state index in [0.29, 0.717) is 6.42 Å². The summed E-state index contributed by atoms with van der Waals surface area (Å²) in [7, 11) is 0. The van der Waals surface area contributed by atoms with Gasteiger partial charge < -0.3 is 20.4 Å². The van der Waals surface area contributed by atoms with Crippen LogP contribution >= 0.6 is 0 Å². The molecular weight excluding hydrogens is 296 g/mol. The average Bonchev–Trinajstić information content (AvgIpc) is 2.55. The maximum atomic E-state index is 11.5. The molecule has 2 unspecified atom stereocenters. The second-order valence-electron chi connectivity index (χ2n) is 6.83. The maximum absolute atomic E-state index is 11.5. The molecule has 0 heterocycles. The lowest BCUT2D eigenvalue weighted by Crippen LogP contribution is -2.45. The first-order valence-electron chi connectivity index (χ1n) is 9.04. The number of aliphatic hydroxyl groups excluding tert-OH is 3. The molecule has 0 spiro atoms. The molecule has 0 aromatic carbocycles. The molecule has 5 heteroatoms. The van der Waals surface area contributed by atoms with Gasteiger partial charge in [0.25, 0.3) is 0 Å². The van der Waals surface area contributed by atoms with Gasteiger partial charge in [-0.05, 0) is 12.3 Å². The van der Waals surface area contributed by atoms with Crippen molar-refractivity contribution in [3.63, 3.8) is 0 Å². The Hall–Kier alpha value is -0.650. The van der Waals surface area contributed by atoms with Crippen LogP contribution in [0.1, 0.15) is 71.6 Å². The molecule has 0 aliphatic carbocycles. The Morgan fingerprint density at radius 2 is 1.30 bits per heavy atom. The zero-order valence-corrected chi connectivity index (χ0v) is 14.8. The number of hydrogen-bond donors (Lipinski definition) is 4. The predicted octanol–water partition coefficient (Wildman–Crippen LogP) is 2.82. The number of carbonyl (C=O) groups is 1. The lowest BCUT2D eigenvalue weighted by molar-refractivity contribution is -0.148. The first-order valence-corrected chi connectivity index (χ1v) is 9.04. The molecule has 0 aromatic rings. The summed E-state index contributed by atoms with van der Waals surface area (Å²) >= 11 is 0. The van der Waals surface area contributed by atoms with E-state index in [-0.39, 0.29) is 0 Å². The van der Waals surface area contributed by atoms with E-state index in [4.69, 9.17) is 0 Å². The van der Waals surface area contributed by atoms with E-state index in [1.165, 1.54) is 32.1 Å². The van der Waals surface area contributed by atoms with Crippen LogP contribution in [0.3, 0.4) is 0 Å². The fourth-order valence-electron chi connectivity index (χ4n) is 3.09. The first-order chi connectivity index (χ1) is 11.0. The van der Waals surface area contributed by atoms with Gasteiger partial charge in [0.2, 0.25) is 0 Å². The van der Waals surface area contributed by atoms with Crippen LogP contribution in [0.2, 0.25) is 0 Å². The van der Waals surface area contributed by atoms with Gasteiger partial charge in [0, 0.05) is 5.41 Å². The van der Waals surface area contributed by atoms with Crippen molar-refractivity contribution in [1.82, 2.24) is 0 Å². The number of carboxylic acids is 1.